The molecule has 0 saturated carbocycles. The molecule has 0 spiro atoms. The molecule has 1 aliphatic heterocycles. The quantitative estimate of drug-likeness (QED) is 0.866. The molecule has 106 valence electrons. The fourth-order valence-electron chi connectivity index (χ4n) is 3.04. The standard InChI is InChI=1S/C16H21N3O/c1-10-6-7-11(2)16-15(10)13(5-4-8-20-16)19-14(17)9-12(3)18-19/h6-7,9,13H,4-5,8,17H2,1-3H3. The molecule has 0 aliphatic carbocycles. The molecule has 1 aliphatic rings. The summed E-state index contributed by atoms with van der Waals surface area (Å²) >= 11 is 0. The molecule has 2 N–H and O–H groups in total. The van der Waals surface area contributed by atoms with Crippen LogP contribution in [0.2, 0.25) is 0 Å². The van der Waals surface area contributed by atoms with Gasteiger partial charge in [0, 0.05) is 11.6 Å². The van der Waals surface area contributed by atoms with Crippen molar-refractivity contribution in [1.82, 2.24) is 9.78 Å². The van der Waals surface area contributed by atoms with Gasteiger partial charge in [-0.15, -0.1) is 0 Å². The highest BCUT2D eigenvalue weighted by Crippen LogP contribution is 2.39. The minimum Gasteiger partial charge on any atom is -0.493 e. The molecule has 0 saturated heterocycles. The second-order valence-corrected chi connectivity index (χ2v) is 5.60. The third kappa shape index (κ3) is 2.05. The Morgan fingerprint density at radius 3 is 2.70 bits per heavy atom. The third-order valence-electron chi connectivity index (χ3n) is 3.99. The van der Waals surface area contributed by atoms with Gasteiger partial charge in [0.1, 0.15) is 11.6 Å². The Labute approximate surface area is 119 Å². The third-order valence-corrected chi connectivity index (χ3v) is 3.99. The largest absolute Gasteiger partial charge is 0.493 e. The summed E-state index contributed by atoms with van der Waals surface area (Å²) in [6.07, 6.45) is 2.01. The van der Waals surface area contributed by atoms with Crippen LogP contribution in [0.5, 0.6) is 5.75 Å². The van der Waals surface area contributed by atoms with Crippen molar-refractivity contribution in [3.05, 3.63) is 40.6 Å². The molecular formula is C16H21N3O. The van der Waals surface area contributed by atoms with E-state index in [1.807, 2.05) is 17.7 Å². The molecule has 1 aromatic carbocycles. The lowest BCUT2D eigenvalue weighted by atomic mass is 9.95. The first-order valence-corrected chi connectivity index (χ1v) is 7.12. The first kappa shape index (κ1) is 13.0. The molecule has 20 heavy (non-hydrogen) atoms. The minimum atomic E-state index is 0.168. The van der Waals surface area contributed by atoms with Crippen LogP contribution in [0.3, 0.4) is 0 Å². The smallest absolute Gasteiger partial charge is 0.127 e. The SMILES string of the molecule is Cc1cc(N)n(C2CCCOc3c(C)ccc(C)c32)n1. The maximum Gasteiger partial charge on any atom is 0.127 e. The number of anilines is 1. The lowest BCUT2D eigenvalue weighted by molar-refractivity contribution is 0.313. The second kappa shape index (κ2) is 4.85. The summed E-state index contributed by atoms with van der Waals surface area (Å²) in [5.74, 6) is 1.74. The monoisotopic (exact) mass is 271 g/mol. The number of aryl methyl sites for hydroxylation is 3. The van der Waals surface area contributed by atoms with E-state index in [9.17, 15) is 0 Å². The molecule has 4 nitrogen and oxygen atoms in total. The summed E-state index contributed by atoms with van der Waals surface area (Å²) < 4.78 is 7.93. The minimum absolute atomic E-state index is 0.168. The van der Waals surface area contributed by atoms with Crippen LogP contribution in [-0.4, -0.2) is 16.4 Å². The number of rotatable bonds is 1. The van der Waals surface area contributed by atoms with E-state index in [0.717, 1.165) is 36.7 Å². The molecule has 2 heterocycles. The van der Waals surface area contributed by atoms with Gasteiger partial charge in [-0.3, -0.25) is 0 Å². The number of hydrogen-bond donors (Lipinski definition) is 1. The van der Waals surface area contributed by atoms with E-state index in [2.05, 4.69) is 31.1 Å². The van der Waals surface area contributed by atoms with Crippen molar-refractivity contribution >= 4 is 5.82 Å². The first-order chi connectivity index (χ1) is 9.58. The molecule has 2 aromatic rings. The molecule has 1 atom stereocenters. The van der Waals surface area contributed by atoms with E-state index < -0.39 is 0 Å². The molecule has 0 fully saturated rings. The zero-order valence-corrected chi connectivity index (χ0v) is 12.3. The van der Waals surface area contributed by atoms with E-state index in [-0.39, 0.29) is 6.04 Å². The molecule has 3 rings (SSSR count). The van der Waals surface area contributed by atoms with Gasteiger partial charge in [-0.25, -0.2) is 4.68 Å². The average molecular weight is 271 g/mol. The van der Waals surface area contributed by atoms with Crippen molar-refractivity contribution in [2.75, 3.05) is 12.3 Å². The van der Waals surface area contributed by atoms with Gasteiger partial charge < -0.3 is 10.5 Å². The van der Waals surface area contributed by atoms with Crippen molar-refractivity contribution < 1.29 is 4.74 Å². The number of benzene rings is 1. The molecule has 1 aromatic heterocycles. The Hall–Kier alpha value is -1.97. The Morgan fingerprint density at radius 2 is 2.00 bits per heavy atom. The Balaban J connectivity index is 2.19. The van der Waals surface area contributed by atoms with E-state index in [4.69, 9.17) is 10.5 Å². The van der Waals surface area contributed by atoms with Gasteiger partial charge >= 0.3 is 0 Å². The van der Waals surface area contributed by atoms with E-state index in [0.29, 0.717) is 0 Å². The summed E-state index contributed by atoms with van der Waals surface area (Å²) in [5, 5.41) is 4.58. The van der Waals surface area contributed by atoms with Crippen LogP contribution in [0.1, 0.15) is 41.3 Å². The van der Waals surface area contributed by atoms with Crippen LogP contribution < -0.4 is 10.5 Å². The number of nitrogen functional groups attached to an aromatic ring is 1. The molecule has 0 radical (unpaired) electrons. The van der Waals surface area contributed by atoms with Crippen LogP contribution in [0, 0.1) is 20.8 Å². The van der Waals surface area contributed by atoms with E-state index in [1.165, 1.54) is 16.7 Å². The molecule has 0 bridgehead atoms. The Kier molecular flexibility index (Phi) is 3.16. The van der Waals surface area contributed by atoms with Gasteiger partial charge in [-0.2, -0.15) is 5.10 Å². The number of nitrogens with zero attached hydrogens (tertiary/aromatic N) is 2. The fourth-order valence-corrected chi connectivity index (χ4v) is 3.04. The van der Waals surface area contributed by atoms with Crippen molar-refractivity contribution in [2.45, 2.75) is 39.7 Å². The number of nitrogens with two attached hydrogens (primary N) is 1. The Bertz CT molecular complexity index is 645. The van der Waals surface area contributed by atoms with Gasteiger partial charge in [0.25, 0.3) is 0 Å². The molecule has 1 unspecified atom stereocenters. The summed E-state index contributed by atoms with van der Waals surface area (Å²) in [7, 11) is 0. The summed E-state index contributed by atoms with van der Waals surface area (Å²) in [5.41, 5.74) is 10.7. The predicted molar refractivity (Wildman–Crippen MR) is 80.2 cm³/mol. The highest BCUT2D eigenvalue weighted by Gasteiger charge is 2.26. The zero-order valence-electron chi connectivity index (χ0n) is 12.3. The fraction of sp³-hybridized carbons (Fsp3) is 0.438. The van der Waals surface area contributed by atoms with Gasteiger partial charge in [0.05, 0.1) is 18.3 Å². The molecule has 4 heteroatoms. The van der Waals surface area contributed by atoms with Crippen molar-refractivity contribution in [3.63, 3.8) is 0 Å². The highest BCUT2D eigenvalue weighted by atomic mass is 16.5. The number of fused-ring (bicyclic) bond motifs is 1. The average Bonchev–Trinajstić information content (AvgIpc) is 2.64. The second-order valence-electron chi connectivity index (χ2n) is 5.60. The highest BCUT2D eigenvalue weighted by molar-refractivity contribution is 5.49. The van der Waals surface area contributed by atoms with Crippen molar-refractivity contribution in [3.8, 4) is 5.75 Å². The summed E-state index contributed by atoms with van der Waals surface area (Å²) in [6, 6.07) is 6.37. The summed E-state index contributed by atoms with van der Waals surface area (Å²) in [6.45, 7) is 6.96. The number of aromatic nitrogens is 2. The van der Waals surface area contributed by atoms with Gasteiger partial charge in [0.2, 0.25) is 0 Å². The van der Waals surface area contributed by atoms with E-state index >= 15 is 0 Å². The molecular weight excluding hydrogens is 250 g/mol. The van der Waals surface area contributed by atoms with Gasteiger partial charge in [-0.05, 0) is 44.7 Å². The van der Waals surface area contributed by atoms with Crippen molar-refractivity contribution in [2.24, 2.45) is 0 Å². The maximum atomic E-state index is 6.13. The topological polar surface area (TPSA) is 53.1 Å². The number of hydrogen-bond acceptors (Lipinski definition) is 3. The van der Waals surface area contributed by atoms with Crippen molar-refractivity contribution in [1.29, 1.82) is 0 Å². The van der Waals surface area contributed by atoms with Crippen LogP contribution in [0.15, 0.2) is 18.2 Å². The maximum absolute atomic E-state index is 6.13. The van der Waals surface area contributed by atoms with Gasteiger partial charge in [-0.1, -0.05) is 12.1 Å². The van der Waals surface area contributed by atoms with Crippen LogP contribution in [0.4, 0.5) is 5.82 Å². The van der Waals surface area contributed by atoms with Crippen LogP contribution in [0.25, 0.3) is 0 Å². The van der Waals surface area contributed by atoms with Crippen LogP contribution in [-0.2, 0) is 0 Å². The first-order valence-electron chi connectivity index (χ1n) is 7.12. The van der Waals surface area contributed by atoms with Crippen LogP contribution >= 0.6 is 0 Å². The lowest BCUT2D eigenvalue weighted by Gasteiger charge is -2.21. The van der Waals surface area contributed by atoms with Gasteiger partial charge in [0.15, 0.2) is 0 Å². The Morgan fingerprint density at radius 1 is 1.25 bits per heavy atom. The summed E-state index contributed by atoms with van der Waals surface area (Å²) in [4.78, 5) is 0. The predicted octanol–water partition coefficient (Wildman–Crippen LogP) is 3.15. The molecule has 0 amide bonds. The number of ether oxygens (including phenoxy) is 1. The normalized spacial score (nSPS) is 18.2. The lowest BCUT2D eigenvalue weighted by Crippen LogP contribution is -2.15. The zero-order chi connectivity index (χ0) is 14.3. The van der Waals surface area contributed by atoms with E-state index in [1.54, 1.807) is 0 Å².